The molecule has 2 aliphatic heterocycles. The number of hydrogen-bond donors (Lipinski definition) is 0. The van der Waals surface area contributed by atoms with E-state index in [1.54, 1.807) is 0 Å². The highest BCUT2D eigenvalue weighted by Crippen LogP contribution is 2.48. The number of ether oxygens (including phenoxy) is 1. The minimum atomic E-state index is -0.346. The molecule has 0 spiro atoms. The molecule has 0 radical (unpaired) electrons. The number of nitrogens with zero attached hydrogens (tertiary/aromatic N) is 3. The minimum absolute atomic E-state index is 0.120. The Kier molecular flexibility index (Phi) is 4.49. The molecule has 35 heavy (non-hydrogen) atoms. The van der Waals surface area contributed by atoms with E-state index in [0.717, 1.165) is 51.2 Å². The molecule has 0 fully saturated rings. The molecule has 4 aromatic carbocycles. The van der Waals surface area contributed by atoms with Crippen LogP contribution in [0.4, 0.5) is 0 Å². The summed E-state index contributed by atoms with van der Waals surface area (Å²) in [4.78, 5) is 0. The fourth-order valence-corrected chi connectivity index (χ4v) is 5.09. The molecule has 0 unspecified atom stereocenters. The van der Waals surface area contributed by atoms with E-state index in [1.807, 2.05) is 18.2 Å². The smallest absolute Gasteiger partial charge is 0.213 e. The third kappa shape index (κ3) is 3.31. The van der Waals surface area contributed by atoms with Crippen molar-refractivity contribution in [3.8, 4) is 17.1 Å². The average molecular weight is 458 g/mol. The van der Waals surface area contributed by atoms with E-state index in [9.17, 15) is 0 Å². The second-order valence-electron chi connectivity index (χ2n) is 9.17. The van der Waals surface area contributed by atoms with Gasteiger partial charge in [0.15, 0.2) is 5.76 Å². The first-order chi connectivity index (χ1) is 17.2. The SMILES string of the molecule is Cc1ccc(-c2onc3ccc([C@H]4Oc5ccccc5[C@H]5CC(c6ccccc6)=NN54)cc23)cc1. The first-order valence-corrected chi connectivity index (χ1v) is 11.9. The number of rotatable bonds is 3. The first-order valence-electron chi connectivity index (χ1n) is 11.9. The zero-order valence-corrected chi connectivity index (χ0v) is 19.3. The molecule has 7 rings (SSSR count). The fraction of sp³-hybridized carbons (Fsp3) is 0.133. The molecular weight excluding hydrogens is 434 g/mol. The Labute approximate surface area is 203 Å². The third-order valence-corrected chi connectivity index (χ3v) is 6.91. The van der Waals surface area contributed by atoms with Gasteiger partial charge in [0.2, 0.25) is 6.23 Å². The number of hydrazone groups is 1. The van der Waals surface area contributed by atoms with E-state index in [0.29, 0.717) is 0 Å². The summed E-state index contributed by atoms with van der Waals surface area (Å²) in [6.07, 6.45) is 0.492. The van der Waals surface area contributed by atoms with Crippen LogP contribution in [0.3, 0.4) is 0 Å². The molecule has 5 nitrogen and oxygen atoms in total. The molecule has 0 saturated heterocycles. The van der Waals surface area contributed by atoms with Crippen molar-refractivity contribution < 1.29 is 9.26 Å². The van der Waals surface area contributed by atoms with Gasteiger partial charge in [0.05, 0.1) is 17.1 Å². The second kappa shape index (κ2) is 7.84. The van der Waals surface area contributed by atoms with Crippen molar-refractivity contribution in [2.24, 2.45) is 5.10 Å². The van der Waals surface area contributed by atoms with Gasteiger partial charge in [0, 0.05) is 23.1 Å². The van der Waals surface area contributed by atoms with Gasteiger partial charge in [-0.15, -0.1) is 0 Å². The van der Waals surface area contributed by atoms with Crippen molar-refractivity contribution in [3.63, 3.8) is 0 Å². The van der Waals surface area contributed by atoms with Gasteiger partial charge in [-0.25, -0.2) is 5.01 Å². The maximum Gasteiger partial charge on any atom is 0.213 e. The van der Waals surface area contributed by atoms with Gasteiger partial charge < -0.3 is 9.26 Å². The van der Waals surface area contributed by atoms with Gasteiger partial charge in [-0.05, 0) is 30.7 Å². The van der Waals surface area contributed by atoms with Crippen molar-refractivity contribution in [1.29, 1.82) is 0 Å². The summed E-state index contributed by atoms with van der Waals surface area (Å²) in [5.74, 6) is 1.68. The van der Waals surface area contributed by atoms with E-state index in [1.165, 1.54) is 11.1 Å². The predicted octanol–water partition coefficient (Wildman–Crippen LogP) is 7.05. The maximum absolute atomic E-state index is 6.57. The van der Waals surface area contributed by atoms with E-state index in [2.05, 4.69) is 96.0 Å². The molecule has 5 aromatic rings. The molecule has 0 aliphatic carbocycles. The maximum atomic E-state index is 6.57. The summed E-state index contributed by atoms with van der Waals surface area (Å²) >= 11 is 0. The predicted molar refractivity (Wildman–Crippen MR) is 136 cm³/mol. The van der Waals surface area contributed by atoms with Gasteiger partial charge >= 0.3 is 0 Å². The minimum Gasteiger partial charge on any atom is -0.464 e. The zero-order valence-electron chi connectivity index (χ0n) is 19.3. The highest BCUT2D eigenvalue weighted by Gasteiger charge is 2.41. The molecular formula is C30H23N3O2. The van der Waals surface area contributed by atoms with Crippen LogP contribution in [0.25, 0.3) is 22.2 Å². The topological polar surface area (TPSA) is 50.9 Å². The molecule has 2 atom stereocenters. The summed E-state index contributed by atoms with van der Waals surface area (Å²) in [7, 11) is 0. The molecule has 170 valence electrons. The van der Waals surface area contributed by atoms with Gasteiger partial charge in [-0.3, -0.25) is 0 Å². The summed E-state index contributed by atoms with van der Waals surface area (Å²) in [6, 6.07) is 33.3. The van der Waals surface area contributed by atoms with Crippen molar-refractivity contribution in [3.05, 3.63) is 119 Å². The van der Waals surface area contributed by atoms with Gasteiger partial charge in [-0.1, -0.05) is 89.6 Å². The number of fused-ring (bicyclic) bond motifs is 4. The lowest BCUT2D eigenvalue weighted by Crippen LogP contribution is -2.33. The van der Waals surface area contributed by atoms with Crippen molar-refractivity contribution in [2.75, 3.05) is 0 Å². The Morgan fingerprint density at radius 3 is 2.49 bits per heavy atom. The van der Waals surface area contributed by atoms with Crippen LogP contribution in [0.1, 0.15) is 40.9 Å². The lowest BCUT2D eigenvalue weighted by atomic mass is 9.95. The van der Waals surface area contributed by atoms with Crippen LogP contribution < -0.4 is 4.74 Å². The highest BCUT2D eigenvalue weighted by molar-refractivity contribution is 6.02. The summed E-state index contributed by atoms with van der Waals surface area (Å²) in [6.45, 7) is 2.08. The normalized spacial score (nSPS) is 18.7. The molecule has 0 saturated carbocycles. The summed E-state index contributed by atoms with van der Waals surface area (Å²) in [5.41, 5.74) is 7.46. The van der Waals surface area contributed by atoms with Crippen molar-refractivity contribution >= 4 is 16.6 Å². The van der Waals surface area contributed by atoms with Crippen LogP contribution in [-0.2, 0) is 0 Å². The number of aromatic nitrogens is 1. The summed E-state index contributed by atoms with van der Waals surface area (Å²) in [5, 5.41) is 12.5. The molecule has 5 heteroatoms. The zero-order chi connectivity index (χ0) is 23.4. The standard InChI is InChI=1S/C30H23N3O2/c1-19-11-13-21(14-12-19)29-24-17-22(15-16-25(24)32-35-29)30-33-27(23-9-5-6-10-28(23)34-30)18-26(31-33)20-7-3-2-4-8-20/h2-17,27,30H,18H2,1H3/t27-,30-/m1/s1. The molecule has 0 N–H and O–H groups in total. The van der Waals surface area contributed by atoms with Gasteiger partial charge in [0.1, 0.15) is 11.3 Å². The number of para-hydroxylation sites is 1. The van der Waals surface area contributed by atoms with E-state index >= 15 is 0 Å². The van der Waals surface area contributed by atoms with Gasteiger partial charge in [-0.2, -0.15) is 5.10 Å². The van der Waals surface area contributed by atoms with Crippen molar-refractivity contribution in [2.45, 2.75) is 25.6 Å². The fourth-order valence-electron chi connectivity index (χ4n) is 5.09. The Morgan fingerprint density at radius 1 is 0.829 bits per heavy atom. The Hall–Kier alpha value is -4.38. The largest absolute Gasteiger partial charge is 0.464 e. The van der Waals surface area contributed by atoms with Crippen LogP contribution >= 0.6 is 0 Å². The Morgan fingerprint density at radius 2 is 1.63 bits per heavy atom. The monoisotopic (exact) mass is 457 g/mol. The molecule has 0 amide bonds. The quantitative estimate of drug-likeness (QED) is 0.291. The number of aryl methyl sites for hydroxylation is 1. The van der Waals surface area contributed by atoms with E-state index in [-0.39, 0.29) is 12.3 Å². The lowest BCUT2D eigenvalue weighted by molar-refractivity contribution is -0.0189. The van der Waals surface area contributed by atoms with Crippen LogP contribution in [0.5, 0.6) is 5.75 Å². The molecule has 2 aliphatic rings. The van der Waals surface area contributed by atoms with Crippen LogP contribution in [0.2, 0.25) is 0 Å². The molecule has 1 aromatic heterocycles. The highest BCUT2D eigenvalue weighted by atomic mass is 16.5. The number of hydrogen-bond acceptors (Lipinski definition) is 5. The van der Waals surface area contributed by atoms with Crippen LogP contribution in [-0.4, -0.2) is 15.9 Å². The summed E-state index contributed by atoms with van der Waals surface area (Å²) < 4.78 is 12.3. The average Bonchev–Trinajstić information content (AvgIpc) is 3.54. The van der Waals surface area contributed by atoms with E-state index < -0.39 is 0 Å². The second-order valence-corrected chi connectivity index (χ2v) is 9.17. The Bertz CT molecular complexity index is 1570. The first kappa shape index (κ1) is 20.0. The van der Waals surface area contributed by atoms with E-state index in [4.69, 9.17) is 14.4 Å². The number of benzene rings is 4. The lowest BCUT2D eigenvalue weighted by Gasteiger charge is -2.38. The Balaban J connectivity index is 1.34. The van der Waals surface area contributed by atoms with Crippen molar-refractivity contribution in [1.82, 2.24) is 10.2 Å². The van der Waals surface area contributed by atoms with Crippen LogP contribution in [0, 0.1) is 6.92 Å². The van der Waals surface area contributed by atoms with Crippen LogP contribution in [0.15, 0.2) is 107 Å². The third-order valence-electron chi connectivity index (χ3n) is 6.91. The molecule has 0 bridgehead atoms. The molecule has 3 heterocycles. The van der Waals surface area contributed by atoms with Gasteiger partial charge in [0.25, 0.3) is 0 Å².